The zero-order valence-electron chi connectivity index (χ0n) is 14.9. The second-order valence-electron chi connectivity index (χ2n) is 6.11. The van der Waals surface area contributed by atoms with Crippen molar-refractivity contribution in [1.82, 2.24) is 9.97 Å². The quantitative estimate of drug-likeness (QED) is 0.543. The Bertz CT molecular complexity index is 1180. The number of sulfonamides is 1. The average Bonchev–Trinajstić information content (AvgIpc) is 2.75. The third-order valence-corrected chi connectivity index (χ3v) is 5.54. The summed E-state index contributed by atoms with van der Waals surface area (Å²) in [4.78, 5) is 8.94. The van der Waals surface area contributed by atoms with Crippen LogP contribution in [0.2, 0.25) is 0 Å². The molecule has 0 saturated carbocycles. The standard InChI is InChI=1S/C22H17N3O2S/c26-28(27,19-14-8-3-9-15-19)25-22-23-16-20(17-10-4-1-5-11-17)21(24-22)18-12-6-2-7-13-18/h1-16H,(H,23,24,25). The first kappa shape index (κ1) is 17.9. The highest BCUT2D eigenvalue weighted by Gasteiger charge is 2.17. The van der Waals surface area contributed by atoms with Crippen LogP contribution in [-0.2, 0) is 10.0 Å². The predicted molar refractivity (Wildman–Crippen MR) is 110 cm³/mol. The van der Waals surface area contributed by atoms with Crippen molar-refractivity contribution in [1.29, 1.82) is 0 Å². The van der Waals surface area contributed by atoms with Crippen LogP contribution in [0, 0.1) is 0 Å². The lowest BCUT2D eigenvalue weighted by atomic mass is 10.0. The summed E-state index contributed by atoms with van der Waals surface area (Å²) in [6.07, 6.45) is 1.65. The highest BCUT2D eigenvalue weighted by molar-refractivity contribution is 7.92. The number of rotatable bonds is 5. The van der Waals surface area contributed by atoms with Gasteiger partial charge in [0.2, 0.25) is 5.95 Å². The predicted octanol–water partition coefficient (Wildman–Crippen LogP) is 4.61. The number of hydrogen-bond acceptors (Lipinski definition) is 4. The topological polar surface area (TPSA) is 72.0 Å². The van der Waals surface area contributed by atoms with Crippen LogP contribution in [0.25, 0.3) is 22.4 Å². The molecule has 28 heavy (non-hydrogen) atoms. The molecular weight excluding hydrogens is 370 g/mol. The SMILES string of the molecule is O=S(=O)(Nc1ncc(-c2ccccc2)c(-c2ccccc2)n1)c1ccccc1. The first-order valence-electron chi connectivity index (χ1n) is 8.69. The molecule has 1 N–H and O–H groups in total. The molecule has 0 aliphatic heterocycles. The van der Waals surface area contributed by atoms with E-state index >= 15 is 0 Å². The molecule has 4 rings (SSSR count). The van der Waals surface area contributed by atoms with Crippen LogP contribution in [0.1, 0.15) is 0 Å². The van der Waals surface area contributed by atoms with Gasteiger partial charge in [0.05, 0.1) is 10.6 Å². The van der Waals surface area contributed by atoms with Crippen molar-refractivity contribution in [2.45, 2.75) is 4.90 Å². The molecule has 1 aromatic heterocycles. The van der Waals surface area contributed by atoms with Gasteiger partial charge in [-0.2, -0.15) is 0 Å². The van der Waals surface area contributed by atoms with Crippen molar-refractivity contribution in [3.05, 3.63) is 97.2 Å². The second kappa shape index (κ2) is 7.62. The summed E-state index contributed by atoms with van der Waals surface area (Å²) in [6, 6.07) is 27.5. The zero-order valence-corrected chi connectivity index (χ0v) is 15.7. The average molecular weight is 387 g/mol. The van der Waals surface area contributed by atoms with Crippen LogP contribution in [-0.4, -0.2) is 18.4 Å². The third kappa shape index (κ3) is 3.77. The monoisotopic (exact) mass is 387 g/mol. The molecule has 0 bridgehead atoms. The molecule has 3 aromatic carbocycles. The summed E-state index contributed by atoms with van der Waals surface area (Å²) in [6.45, 7) is 0. The number of aromatic nitrogens is 2. The van der Waals surface area contributed by atoms with Crippen LogP contribution in [0.15, 0.2) is 102 Å². The van der Waals surface area contributed by atoms with Crippen molar-refractivity contribution >= 4 is 16.0 Å². The van der Waals surface area contributed by atoms with Crippen LogP contribution >= 0.6 is 0 Å². The van der Waals surface area contributed by atoms with Gasteiger partial charge in [0.1, 0.15) is 0 Å². The van der Waals surface area contributed by atoms with E-state index in [1.807, 2.05) is 60.7 Å². The van der Waals surface area contributed by atoms with Crippen LogP contribution < -0.4 is 4.72 Å². The molecule has 0 unspecified atom stereocenters. The summed E-state index contributed by atoms with van der Waals surface area (Å²) in [5.41, 5.74) is 3.32. The second-order valence-corrected chi connectivity index (χ2v) is 7.79. The highest BCUT2D eigenvalue weighted by Crippen LogP contribution is 2.30. The van der Waals surface area contributed by atoms with Crippen molar-refractivity contribution < 1.29 is 8.42 Å². The van der Waals surface area contributed by atoms with Gasteiger partial charge in [-0.25, -0.2) is 23.1 Å². The van der Waals surface area contributed by atoms with Crippen molar-refractivity contribution in [2.24, 2.45) is 0 Å². The Morgan fingerprint density at radius 2 is 1.21 bits per heavy atom. The molecule has 1 heterocycles. The Kier molecular flexibility index (Phi) is 4.87. The number of benzene rings is 3. The van der Waals surface area contributed by atoms with Gasteiger partial charge in [-0.05, 0) is 17.7 Å². The van der Waals surface area contributed by atoms with E-state index in [0.29, 0.717) is 5.69 Å². The Balaban J connectivity index is 1.79. The maximum absolute atomic E-state index is 12.6. The van der Waals surface area contributed by atoms with E-state index in [4.69, 9.17) is 0 Å². The number of nitrogens with one attached hydrogen (secondary N) is 1. The number of nitrogens with zero attached hydrogens (tertiary/aromatic N) is 2. The smallest absolute Gasteiger partial charge is 0.247 e. The molecule has 0 amide bonds. The van der Waals surface area contributed by atoms with E-state index in [2.05, 4.69) is 14.7 Å². The molecule has 138 valence electrons. The van der Waals surface area contributed by atoms with Crippen molar-refractivity contribution in [3.63, 3.8) is 0 Å². The first-order valence-corrected chi connectivity index (χ1v) is 10.2. The molecular formula is C22H17N3O2S. The fourth-order valence-electron chi connectivity index (χ4n) is 2.85. The molecule has 0 radical (unpaired) electrons. The Labute approximate surface area is 163 Å². The van der Waals surface area contributed by atoms with Crippen LogP contribution in [0.5, 0.6) is 0 Å². The molecule has 5 nitrogen and oxygen atoms in total. The van der Waals surface area contributed by atoms with Gasteiger partial charge in [0, 0.05) is 17.3 Å². The lowest BCUT2D eigenvalue weighted by Crippen LogP contribution is -2.15. The minimum Gasteiger partial charge on any atom is -0.247 e. The normalized spacial score (nSPS) is 11.1. The summed E-state index contributed by atoms with van der Waals surface area (Å²) < 4.78 is 27.7. The van der Waals surface area contributed by atoms with E-state index in [-0.39, 0.29) is 10.8 Å². The van der Waals surface area contributed by atoms with E-state index in [9.17, 15) is 8.42 Å². The van der Waals surface area contributed by atoms with E-state index in [1.54, 1.807) is 24.4 Å². The minimum atomic E-state index is -3.76. The number of hydrogen-bond donors (Lipinski definition) is 1. The van der Waals surface area contributed by atoms with E-state index < -0.39 is 10.0 Å². The van der Waals surface area contributed by atoms with E-state index in [1.165, 1.54) is 12.1 Å². The van der Waals surface area contributed by atoms with E-state index in [0.717, 1.165) is 16.7 Å². The lowest BCUT2D eigenvalue weighted by Gasteiger charge is -2.12. The van der Waals surface area contributed by atoms with Gasteiger partial charge in [-0.3, -0.25) is 0 Å². The minimum absolute atomic E-state index is 0.0300. The summed E-state index contributed by atoms with van der Waals surface area (Å²) in [5, 5.41) is 0. The molecule has 0 aliphatic rings. The lowest BCUT2D eigenvalue weighted by molar-refractivity contribution is 0.601. The molecule has 0 atom stereocenters. The number of anilines is 1. The van der Waals surface area contributed by atoms with Crippen LogP contribution in [0.4, 0.5) is 5.95 Å². The van der Waals surface area contributed by atoms with Gasteiger partial charge >= 0.3 is 0 Å². The summed E-state index contributed by atoms with van der Waals surface area (Å²) >= 11 is 0. The maximum atomic E-state index is 12.6. The molecule has 6 heteroatoms. The van der Waals surface area contributed by atoms with Crippen molar-refractivity contribution in [3.8, 4) is 22.4 Å². The molecule has 0 saturated heterocycles. The fraction of sp³-hybridized carbons (Fsp3) is 0. The Morgan fingerprint density at radius 1 is 0.679 bits per heavy atom. The van der Waals surface area contributed by atoms with Crippen LogP contribution in [0.3, 0.4) is 0 Å². The summed E-state index contributed by atoms with van der Waals surface area (Å²) in [7, 11) is -3.76. The Hall–Kier alpha value is -3.51. The van der Waals surface area contributed by atoms with Gasteiger partial charge in [-0.15, -0.1) is 0 Å². The molecule has 0 fully saturated rings. The highest BCUT2D eigenvalue weighted by atomic mass is 32.2. The zero-order chi connectivity index (χ0) is 19.4. The van der Waals surface area contributed by atoms with Gasteiger partial charge in [0.15, 0.2) is 0 Å². The third-order valence-electron chi connectivity index (χ3n) is 4.20. The largest absolute Gasteiger partial charge is 0.264 e. The summed E-state index contributed by atoms with van der Waals surface area (Å²) in [5.74, 6) is 0.0300. The Morgan fingerprint density at radius 3 is 1.82 bits per heavy atom. The fourth-order valence-corrected chi connectivity index (χ4v) is 3.83. The maximum Gasteiger partial charge on any atom is 0.264 e. The molecule has 0 spiro atoms. The van der Waals surface area contributed by atoms with Gasteiger partial charge in [0.25, 0.3) is 10.0 Å². The molecule has 4 aromatic rings. The first-order chi connectivity index (χ1) is 13.6. The van der Waals surface area contributed by atoms with Gasteiger partial charge < -0.3 is 0 Å². The van der Waals surface area contributed by atoms with Crippen molar-refractivity contribution in [2.75, 3.05) is 4.72 Å². The molecule has 0 aliphatic carbocycles. The van der Waals surface area contributed by atoms with Gasteiger partial charge in [-0.1, -0.05) is 78.9 Å².